The van der Waals surface area contributed by atoms with Gasteiger partial charge in [0.2, 0.25) is 6.43 Å². The van der Waals surface area contributed by atoms with Crippen LogP contribution in [0.25, 0.3) is 10.8 Å². The van der Waals surface area contributed by atoms with E-state index in [4.69, 9.17) is 0 Å². The van der Waals surface area contributed by atoms with Crippen LogP contribution in [0.15, 0.2) is 30.5 Å². The van der Waals surface area contributed by atoms with E-state index in [0.717, 1.165) is 5.39 Å². The monoisotopic (exact) mass is 306 g/mol. The molecular weight excluding hydrogens is 290 g/mol. The second kappa shape index (κ2) is 5.87. The van der Waals surface area contributed by atoms with E-state index in [9.17, 15) is 18.7 Å². The Kier molecular flexibility index (Phi) is 3.92. The molecule has 0 unspecified atom stereocenters. The summed E-state index contributed by atoms with van der Waals surface area (Å²) < 4.78 is 25.3. The highest BCUT2D eigenvalue weighted by Crippen LogP contribution is 2.29. The minimum Gasteiger partial charge on any atom is -0.505 e. The molecule has 0 radical (unpaired) electrons. The predicted molar refractivity (Wildman–Crippen MR) is 78.0 cm³/mol. The van der Waals surface area contributed by atoms with Gasteiger partial charge in [0.25, 0.3) is 5.91 Å². The lowest BCUT2D eigenvalue weighted by molar-refractivity contribution is 0.0307. The average molecular weight is 306 g/mol. The van der Waals surface area contributed by atoms with Crippen LogP contribution < -0.4 is 0 Å². The zero-order chi connectivity index (χ0) is 15.7. The largest absolute Gasteiger partial charge is 0.505 e. The maximum absolute atomic E-state index is 12.7. The first-order valence-electron chi connectivity index (χ1n) is 7.22. The van der Waals surface area contributed by atoms with Crippen molar-refractivity contribution in [1.29, 1.82) is 0 Å². The van der Waals surface area contributed by atoms with Crippen molar-refractivity contribution < 1.29 is 18.7 Å². The van der Waals surface area contributed by atoms with Gasteiger partial charge >= 0.3 is 0 Å². The summed E-state index contributed by atoms with van der Waals surface area (Å²) in [5.41, 5.74) is -0.0193. The maximum atomic E-state index is 12.7. The Morgan fingerprint density at radius 1 is 1.27 bits per heavy atom. The van der Waals surface area contributed by atoms with E-state index in [-0.39, 0.29) is 37.4 Å². The molecule has 0 spiro atoms. The summed E-state index contributed by atoms with van der Waals surface area (Å²) in [6.07, 6.45) is -0.256. The smallest absolute Gasteiger partial charge is 0.276 e. The van der Waals surface area contributed by atoms with Crippen LogP contribution in [-0.4, -0.2) is 40.4 Å². The lowest BCUT2D eigenvalue weighted by atomic mass is 9.97. The number of hydrogen-bond acceptors (Lipinski definition) is 3. The zero-order valence-electron chi connectivity index (χ0n) is 11.9. The summed E-state index contributed by atoms with van der Waals surface area (Å²) in [7, 11) is 0. The Labute approximate surface area is 126 Å². The molecule has 1 amide bonds. The van der Waals surface area contributed by atoms with Crippen LogP contribution in [-0.2, 0) is 0 Å². The van der Waals surface area contributed by atoms with Gasteiger partial charge in [0.15, 0.2) is 11.4 Å². The number of fused-ring (bicyclic) bond motifs is 1. The molecule has 0 saturated carbocycles. The number of carbonyl (C=O) groups is 1. The molecule has 4 nitrogen and oxygen atoms in total. The van der Waals surface area contributed by atoms with Gasteiger partial charge in [0.1, 0.15) is 0 Å². The zero-order valence-corrected chi connectivity index (χ0v) is 11.9. The first-order valence-corrected chi connectivity index (χ1v) is 7.22. The number of nitrogens with zero attached hydrogens (tertiary/aromatic N) is 2. The summed E-state index contributed by atoms with van der Waals surface area (Å²) in [4.78, 5) is 18.0. The molecule has 1 aromatic heterocycles. The van der Waals surface area contributed by atoms with Crippen molar-refractivity contribution >= 4 is 16.7 Å². The van der Waals surface area contributed by atoms with Gasteiger partial charge < -0.3 is 10.0 Å². The van der Waals surface area contributed by atoms with E-state index in [1.807, 2.05) is 6.07 Å². The molecule has 22 heavy (non-hydrogen) atoms. The number of benzene rings is 1. The van der Waals surface area contributed by atoms with Crippen molar-refractivity contribution in [2.45, 2.75) is 19.3 Å². The summed E-state index contributed by atoms with van der Waals surface area (Å²) in [5, 5.41) is 11.6. The Balaban J connectivity index is 1.83. The first kappa shape index (κ1) is 14.7. The van der Waals surface area contributed by atoms with Gasteiger partial charge in [-0.1, -0.05) is 24.3 Å². The molecule has 1 fully saturated rings. The number of alkyl halides is 2. The standard InChI is InChI=1S/C16H16F2N2O2/c17-15(18)10-5-7-20(8-6-10)16(22)13-14(21)12-4-2-1-3-11(12)9-19-13/h1-4,9-10,15,21H,5-8H2. The third-order valence-corrected chi connectivity index (χ3v) is 4.16. The molecule has 2 aromatic rings. The lowest BCUT2D eigenvalue weighted by Gasteiger charge is -2.31. The van der Waals surface area contributed by atoms with Crippen molar-refractivity contribution in [2.24, 2.45) is 5.92 Å². The molecule has 1 aliphatic rings. The number of amides is 1. The number of halogens is 2. The molecule has 1 N–H and O–H groups in total. The van der Waals surface area contributed by atoms with Crippen LogP contribution >= 0.6 is 0 Å². The third kappa shape index (κ3) is 2.61. The minimum atomic E-state index is -2.34. The van der Waals surface area contributed by atoms with Crippen molar-refractivity contribution in [3.05, 3.63) is 36.2 Å². The summed E-state index contributed by atoms with van der Waals surface area (Å²) >= 11 is 0. The number of hydrogen-bond donors (Lipinski definition) is 1. The summed E-state index contributed by atoms with van der Waals surface area (Å²) in [6, 6.07) is 7.10. The average Bonchev–Trinajstić information content (AvgIpc) is 2.55. The minimum absolute atomic E-state index is 0.0193. The van der Waals surface area contributed by atoms with Gasteiger partial charge in [-0.15, -0.1) is 0 Å². The topological polar surface area (TPSA) is 53.4 Å². The van der Waals surface area contributed by atoms with Crippen molar-refractivity contribution in [2.75, 3.05) is 13.1 Å². The van der Waals surface area contributed by atoms with Crippen LogP contribution in [0.3, 0.4) is 0 Å². The Morgan fingerprint density at radius 3 is 2.64 bits per heavy atom. The van der Waals surface area contributed by atoms with Crippen molar-refractivity contribution in [3.8, 4) is 5.75 Å². The van der Waals surface area contributed by atoms with E-state index in [1.54, 1.807) is 18.2 Å². The highest BCUT2D eigenvalue weighted by atomic mass is 19.3. The SMILES string of the molecule is O=C(c1ncc2ccccc2c1O)N1CCC(C(F)F)CC1. The van der Waals surface area contributed by atoms with Crippen LogP contribution in [0.1, 0.15) is 23.3 Å². The van der Waals surface area contributed by atoms with Gasteiger partial charge in [-0.25, -0.2) is 13.8 Å². The summed E-state index contributed by atoms with van der Waals surface area (Å²) in [6.45, 7) is 0.531. The molecule has 0 atom stereocenters. The second-order valence-electron chi connectivity index (χ2n) is 5.51. The van der Waals surface area contributed by atoms with Crippen LogP contribution in [0.5, 0.6) is 5.75 Å². The van der Waals surface area contributed by atoms with Gasteiger partial charge in [-0.3, -0.25) is 4.79 Å². The molecule has 1 saturated heterocycles. The number of likely N-dealkylation sites (tertiary alicyclic amines) is 1. The van der Waals surface area contributed by atoms with E-state index in [1.165, 1.54) is 11.1 Å². The highest BCUT2D eigenvalue weighted by molar-refractivity contribution is 6.01. The number of aromatic hydroxyl groups is 1. The molecular formula is C16H16F2N2O2. The number of aromatic nitrogens is 1. The van der Waals surface area contributed by atoms with Crippen LogP contribution in [0, 0.1) is 5.92 Å². The summed E-state index contributed by atoms with van der Waals surface area (Å²) in [5.74, 6) is -1.21. The lowest BCUT2D eigenvalue weighted by Crippen LogP contribution is -2.40. The number of pyridine rings is 1. The number of piperidine rings is 1. The van der Waals surface area contributed by atoms with Crippen molar-refractivity contribution in [3.63, 3.8) is 0 Å². The normalized spacial score (nSPS) is 16.4. The molecule has 1 aromatic carbocycles. The molecule has 0 bridgehead atoms. The third-order valence-electron chi connectivity index (χ3n) is 4.16. The van der Waals surface area contributed by atoms with E-state index in [2.05, 4.69) is 4.98 Å². The molecule has 0 aliphatic carbocycles. The first-order chi connectivity index (χ1) is 10.6. The number of rotatable bonds is 2. The number of carbonyl (C=O) groups excluding carboxylic acids is 1. The van der Waals surface area contributed by atoms with Crippen LogP contribution in [0.2, 0.25) is 0 Å². The van der Waals surface area contributed by atoms with Gasteiger partial charge in [-0.2, -0.15) is 0 Å². The predicted octanol–water partition coefficient (Wildman–Crippen LogP) is 3.06. The van der Waals surface area contributed by atoms with E-state index >= 15 is 0 Å². The van der Waals surface area contributed by atoms with Gasteiger partial charge in [-0.05, 0) is 12.8 Å². The highest BCUT2D eigenvalue weighted by Gasteiger charge is 2.30. The maximum Gasteiger partial charge on any atom is 0.276 e. The molecule has 3 rings (SSSR count). The van der Waals surface area contributed by atoms with Gasteiger partial charge in [0, 0.05) is 36.0 Å². The van der Waals surface area contributed by atoms with E-state index < -0.39 is 18.3 Å². The fourth-order valence-corrected chi connectivity index (χ4v) is 2.81. The quantitative estimate of drug-likeness (QED) is 0.928. The molecule has 116 valence electrons. The van der Waals surface area contributed by atoms with Crippen LogP contribution in [0.4, 0.5) is 8.78 Å². The van der Waals surface area contributed by atoms with E-state index in [0.29, 0.717) is 5.39 Å². The molecule has 1 aliphatic heterocycles. The molecule has 6 heteroatoms. The Morgan fingerprint density at radius 2 is 1.95 bits per heavy atom. The van der Waals surface area contributed by atoms with Gasteiger partial charge in [0.05, 0.1) is 0 Å². The van der Waals surface area contributed by atoms with Crippen molar-refractivity contribution in [1.82, 2.24) is 9.88 Å². The Hall–Kier alpha value is -2.24. The fraction of sp³-hybridized carbons (Fsp3) is 0.375. The Bertz CT molecular complexity index is 698. The second-order valence-corrected chi connectivity index (χ2v) is 5.51. The fourth-order valence-electron chi connectivity index (χ4n) is 2.81. The molecule has 2 heterocycles.